The molecule has 0 spiro atoms. The van der Waals surface area contributed by atoms with Crippen LogP contribution in [0.4, 0.5) is 0 Å². The van der Waals surface area contributed by atoms with Gasteiger partial charge in [0.25, 0.3) is 0 Å². The van der Waals surface area contributed by atoms with E-state index in [-0.39, 0.29) is 0 Å². The highest BCUT2D eigenvalue weighted by atomic mass is 15.0. The van der Waals surface area contributed by atoms with Gasteiger partial charge in [-0.15, -0.1) is 0 Å². The predicted molar refractivity (Wildman–Crippen MR) is 56.8 cm³/mol. The van der Waals surface area contributed by atoms with Crippen molar-refractivity contribution in [2.45, 2.75) is 70.4 Å². The minimum Gasteiger partial charge on any atom is -0.311 e. The van der Waals surface area contributed by atoms with Crippen LogP contribution >= 0.6 is 0 Å². The topological polar surface area (TPSA) is 12.0 Å². The molecule has 0 aromatic heterocycles. The highest BCUT2D eigenvalue weighted by Gasteiger charge is 2.22. The molecule has 1 N–H and O–H groups in total. The summed E-state index contributed by atoms with van der Waals surface area (Å²) in [7, 11) is 0. The van der Waals surface area contributed by atoms with Crippen molar-refractivity contribution in [3.63, 3.8) is 0 Å². The van der Waals surface area contributed by atoms with Crippen molar-refractivity contribution in [3.8, 4) is 0 Å². The van der Waals surface area contributed by atoms with E-state index in [4.69, 9.17) is 0 Å². The number of nitrogens with one attached hydrogen (secondary N) is 1. The zero-order valence-corrected chi connectivity index (χ0v) is 8.89. The molecule has 0 radical (unpaired) electrons. The second-order valence-electron chi connectivity index (χ2n) is 5.12. The van der Waals surface area contributed by atoms with E-state index in [0.717, 1.165) is 18.0 Å². The molecule has 2 aliphatic carbocycles. The van der Waals surface area contributed by atoms with Gasteiger partial charge in [0.1, 0.15) is 0 Å². The van der Waals surface area contributed by atoms with E-state index in [2.05, 4.69) is 12.2 Å². The first-order valence-electron chi connectivity index (χ1n) is 6.10. The van der Waals surface area contributed by atoms with Crippen LogP contribution in [0.1, 0.15) is 58.3 Å². The van der Waals surface area contributed by atoms with Crippen LogP contribution in [0, 0.1) is 5.92 Å². The van der Waals surface area contributed by atoms with Crippen molar-refractivity contribution in [1.29, 1.82) is 0 Å². The van der Waals surface area contributed by atoms with Crippen LogP contribution in [0.2, 0.25) is 0 Å². The van der Waals surface area contributed by atoms with Gasteiger partial charge in [-0.2, -0.15) is 0 Å². The first-order valence-corrected chi connectivity index (χ1v) is 6.10. The molecule has 1 heteroatoms. The van der Waals surface area contributed by atoms with Gasteiger partial charge >= 0.3 is 0 Å². The third-order valence-corrected chi connectivity index (χ3v) is 3.76. The molecule has 76 valence electrons. The molecule has 0 unspecified atom stereocenters. The molecule has 13 heavy (non-hydrogen) atoms. The second kappa shape index (κ2) is 4.45. The summed E-state index contributed by atoms with van der Waals surface area (Å²) in [6, 6.07) is 1.72. The van der Waals surface area contributed by atoms with Gasteiger partial charge < -0.3 is 5.32 Å². The zero-order chi connectivity index (χ0) is 9.10. The summed E-state index contributed by atoms with van der Waals surface area (Å²) in [5.41, 5.74) is 0. The Kier molecular flexibility index (Phi) is 3.26. The van der Waals surface area contributed by atoms with Crippen LogP contribution in [0.25, 0.3) is 0 Å². The lowest BCUT2D eigenvalue weighted by Crippen LogP contribution is -2.39. The van der Waals surface area contributed by atoms with Crippen LogP contribution in [-0.4, -0.2) is 12.1 Å². The summed E-state index contributed by atoms with van der Waals surface area (Å²) in [5.74, 6) is 0.965. The summed E-state index contributed by atoms with van der Waals surface area (Å²) in [6.45, 7) is 2.41. The Morgan fingerprint density at radius 2 is 1.54 bits per heavy atom. The van der Waals surface area contributed by atoms with Gasteiger partial charge in [-0.25, -0.2) is 0 Å². The fourth-order valence-electron chi connectivity index (χ4n) is 3.01. The highest BCUT2D eigenvalue weighted by Crippen LogP contribution is 2.26. The fraction of sp³-hybridized carbons (Fsp3) is 1.00. The molecule has 0 aromatic rings. The SMILES string of the molecule is C[C@H]1CCC[C@H](NC2CCCC2)C1. The van der Waals surface area contributed by atoms with E-state index in [0.29, 0.717) is 0 Å². The first kappa shape index (κ1) is 9.51. The highest BCUT2D eigenvalue weighted by molar-refractivity contribution is 4.82. The summed E-state index contributed by atoms with van der Waals surface area (Å²) >= 11 is 0. The van der Waals surface area contributed by atoms with Gasteiger partial charge in [0, 0.05) is 12.1 Å². The number of rotatable bonds is 2. The van der Waals surface area contributed by atoms with Gasteiger partial charge in [0.15, 0.2) is 0 Å². The van der Waals surface area contributed by atoms with Crippen molar-refractivity contribution < 1.29 is 0 Å². The standard InChI is InChI=1S/C12H23N/c1-10-5-4-8-12(9-10)13-11-6-2-3-7-11/h10-13H,2-9H2,1H3/t10-,12-/m0/s1. The molecule has 0 bridgehead atoms. The van der Waals surface area contributed by atoms with Crippen molar-refractivity contribution in [3.05, 3.63) is 0 Å². The fourth-order valence-corrected chi connectivity index (χ4v) is 3.01. The third-order valence-electron chi connectivity index (χ3n) is 3.76. The number of hydrogen-bond acceptors (Lipinski definition) is 1. The van der Waals surface area contributed by atoms with E-state index < -0.39 is 0 Å². The Bertz CT molecular complexity index is 149. The zero-order valence-electron chi connectivity index (χ0n) is 8.89. The van der Waals surface area contributed by atoms with Gasteiger partial charge in [0.05, 0.1) is 0 Å². The van der Waals surface area contributed by atoms with Crippen LogP contribution in [0.3, 0.4) is 0 Å². The van der Waals surface area contributed by atoms with Gasteiger partial charge in [-0.1, -0.05) is 32.6 Å². The van der Waals surface area contributed by atoms with E-state index >= 15 is 0 Å². The van der Waals surface area contributed by atoms with Crippen LogP contribution in [0.5, 0.6) is 0 Å². The second-order valence-corrected chi connectivity index (χ2v) is 5.12. The molecule has 2 aliphatic rings. The minimum atomic E-state index is 0.854. The van der Waals surface area contributed by atoms with Gasteiger partial charge in [-0.3, -0.25) is 0 Å². The third kappa shape index (κ3) is 2.70. The molecular weight excluding hydrogens is 158 g/mol. The Balaban J connectivity index is 1.73. The molecule has 1 nitrogen and oxygen atoms in total. The maximum Gasteiger partial charge on any atom is 0.00721 e. The normalized spacial score (nSPS) is 36.7. The van der Waals surface area contributed by atoms with E-state index in [1.165, 1.54) is 51.4 Å². The summed E-state index contributed by atoms with van der Waals surface area (Å²) in [6.07, 6.45) is 11.6. The molecule has 2 saturated carbocycles. The van der Waals surface area contributed by atoms with E-state index in [1.807, 2.05) is 0 Å². The predicted octanol–water partition coefficient (Wildman–Crippen LogP) is 3.10. The largest absolute Gasteiger partial charge is 0.311 e. The molecule has 2 atom stereocenters. The number of hydrogen-bond donors (Lipinski definition) is 1. The molecule has 0 heterocycles. The van der Waals surface area contributed by atoms with Gasteiger partial charge in [-0.05, 0) is 31.6 Å². The maximum absolute atomic E-state index is 3.85. The lowest BCUT2D eigenvalue weighted by molar-refractivity contribution is 0.280. The average Bonchev–Trinajstić information content (AvgIpc) is 2.57. The summed E-state index contributed by atoms with van der Waals surface area (Å²) in [5, 5.41) is 3.85. The van der Waals surface area contributed by atoms with Gasteiger partial charge in [0.2, 0.25) is 0 Å². The molecule has 0 aromatic carbocycles. The quantitative estimate of drug-likeness (QED) is 0.690. The molecular formula is C12H23N. The average molecular weight is 181 g/mol. The van der Waals surface area contributed by atoms with Crippen molar-refractivity contribution >= 4 is 0 Å². The van der Waals surface area contributed by atoms with E-state index in [9.17, 15) is 0 Å². The Morgan fingerprint density at radius 1 is 0.846 bits per heavy atom. The first-order chi connectivity index (χ1) is 6.34. The molecule has 0 amide bonds. The molecule has 0 saturated heterocycles. The monoisotopic (exact) mass is 181 g/mol. The molecule has 0 aliphatic heterocycles. The van der Waals surface area contributed by atoms with Crippen molar-refractivity contribution in [2.75, 3.05) is 0 Å². The Morgan fingerprint density at radius 3 is 2.23 bits per heavy atom. The van der Waals surface area contributed by atoms with Crippen molar-refractivity contribution in [2.24, 2.45) is 5.92 Å². The van der Waals surface area contributed by atoms with E-state index in [1.54, 1.807) is 0 Å². The smallest absolute Gasteiger partial charge is 0.00721 e. The van der Waals surface area contributed by atoms with Crippen LogP contribution in [0.15, 0.2) is 0 Å². The minimum absolute atomic E-state index is 0.854. The van der Waals surface area contributed by atoms with Crippen LogP contribution < -0.4 is 5.32 Å². The lowest BCUT2D eigenvalue weighted by atomic mass is 9.86. The lowest BCUT2D eigenvalue weighted by Gasteiger charge is -2.30. The molecule has 2 rings (SSSR count). The Labute approximate surface area is 82.3 Å². The Hall–Kier alpha value is -0.0400. The van der Waals surface area contributed by atoms with Crippen molar-refractivity contribution in [1.82, 2.24) is 5.32 Å². The summed E-state index contributed by atoms with van der Waals surface area (Å²) in [4.78, 5) is 0. The summed E-state index contributed by atoms with van der Waals surface area (Å²) < 4.78 is 0. The maximum atomic E-state index is 3.85. The van der Waals surface area contributed by atoms with Crippen LogP contribution in [-0.2, 0) is 0 Å². The molecule has 2 fully saturated rings.